The van der Waals surface area contributed by atoms with Gasteiger partial charge in [0.15, 0.2) is 0 Å². The smallest absolute Gasteiger partial charge is 0.321 e. The topological polar surface area (TPSA) is 102 Å². The number of amides is 3. The standard InChI is InChI=1S/C15H29N5O4S/c1-13(14(21)17-15(22)16-2)18-9-11-20(12-10-18)25(23,24)19-7-5-3-4-6-8-19/h13H,3-12H2,1-2H3,(H2,16,17,21,22)/t13-/m1/s1. The van der Waals surface area contributed by atoms with E-state index >= 15 is 0 Å². The van der Waals surface area contributed by atoms with Crippen LogP contribution in [0.4, 0.5) is 4.79 Å². The third-order valence-electron chi connectivity index (χ3n) is 4.88. The van der Waals surface area contributed by atoms with Crippen molar-refractivity contribution >= 4 is 22.1 Å². The molecule has 2 N–H and O–H groups in total. The quantitative estimate of drug-likeness (QED) is 0.694. The maximum Gasteiger partial charge on any atom is 0.321 e. The van der Waals surface area contributed by atoms with Gasteiger partial charge in [0, 0.05) is 46.3 Å². The van der Waals surface area contributed by atoms with Gasteiger partial charge in [0.25, 0.3) is 10.2 Å². The van der Waals surface area contributed by atoms with Crippen LogP contribution in [0.2, 0.25) is 0 Å². The first-order chi connectivity index (χ1) is 11.9. The number of hydrogen-bond acceptors (Lipinski definition) is 5. The van der Waals surface area contributed by atoms with Gasteiger partial charge in [0.2, 0.25) is 5.91 Å². The second kappa shape index (κ2) is 8.93. The Hall–Kier alpha value is -1.23. The summed E-state index contributed by atoms with van der Waals surface area (Å²) in [6.07, 6.45) is 3.99. The molecule has 1 atom stereocenters. The molecular formula is C15H29N5O4S. The van der Waals surface area contributed by atoms with Crippen LogP contribution in [0.3, 0.4) is 0 Å². The zero-order chi connectivity index (χ0) is 18.4. The van der Waals surface area contributed by atoms with Crippen LogP contribution in [-0.2, 0) is 15.0 Å². The van der Waals surface area contributed by atoms with Gasteiger partial charge >= 0.3 is 6.03 Å². The summed E-state index contributed by atoms with van der Waals surface area (Å²) in [5, 5.41) is 4.60. The molecule has 0 aromatic heterocycles. The van der Waals surface area contributed by atoms with E-state index in [1.54, 1.807) is 11.2 Å². The zero-order valence-corrected chi connectivity index (χ0v) is 15.8. The first-order valence-corrected chi connectivity index (χ1v) is 10.3. The van der Waals surface area contributed by atoms with E-state index in [0.29, 0.717) is 39.3 Å². The minimum Gasteiger partial charge on any atom is -0.341 e. The molecule has 2 heterocycles. The predicted octanol–water partition coefficient (Wildman–Crippen LogP) is -0.431. The van der Waals surface area contributed by atoms with Gasteiger partial charge in [-0.15, -0.1) is 0 Å². The van der Waals surface area contributed by atoms with Crippen LogP contribution in [0, 0.1) is 0 Å². The van der Waals surface area contributed by atoms with Crippen molar-refractivity contribution in [3.05, 3.63) is 0 Å². The fraction of sp³-hybridized carbons (Fsp3) is 0.867. The van der Waals surface area contributed by atoms with E-state index in [1.165, 1.54) is 11.4 Å². The SMILES string of the molecule is CNC(=O)NC(=O)[C@@H](C)N1CCN(S(=O)(=O)N2CCCCCC2)CC1. The molecule has 2 aliphatic rings. The Kier molecular flexibility index (Phi) is 7.17. The van der Waals surface area contributed by atoms with Gasteiger partial charge in [-0.2, -0.15) is 17.0 Å². The molecule has 144 valence electrons. The van der Waals surface area contributed by atoms with Gasteiger partial charge < -0.3 is 5.32 Å². The van der Waals surface area contributed by atoms with Crippen molar-refractivity contribution in [1.82, 2.24) is 24.1 Å². The maximum atomic E-state index is 12.8. The summed E-state index contributed by atoms with van der Waals surface area (Å²) in [6.45, 7) is 4.55. The number of rotatable bonds is 4. The fourth-order valence-electron chi connectivity index (χ4n) is 3.20. The van der Waals surface area contributed by atoms with Crippen molar-refractivity contribution in [3.8, 4) is 0 Å². The molecule has 0 aliphatic carbocycles. The second-order valence-electron chi connectivity index (χ2n) is 6.50. The Morgan fingerprint density at radius 1 is 0.880 bits per heavy atom. The summed E-state index contributed by atoms with van der Waals surface area (Å²) in [6, 6.07) is -1.03. The summed E-state index contributed by atoms with van der Waals surface area (Å²) in [4.78, 5) is 25.2. The third kappa shape index (κ3) is 5.13. The molecule has 0 radical (unpaired) electrons. The molecule has 0 aromatic rings. The number of imide groups is 1. The molecule has 0 saturated carbocycles. The van der Waals surface area contributed by atoms with E-state index in [1.807, 2.05) is 4.90 Å². The van der Waals surface area contributed by atoms with Crippen LogP contribution in [0.5, 0.6) is 0 Å². The number of carbonyl (C=O) groups excluding carboxylic acids is 2. The Bertz CT molecular complexity index is 566. The molecular weight excluding hydrogens is 346 g/mol. The lowest BCUT2D eigenvalue weighted by atomic mass is 10.2. The summed E-state index contributed by atoms with van der Waals surface area (Å²) in [5.41, 5.74) is 0. The highest BCUT2D eigenvalue weighted by atomic mass is 32.2. The lowest BCUT2D eigenvalue weighted by Gasteiger charge is -2.38. The van der Waals surface area contributed by atoms with E-state index in [-0.39, 0.29) is 5.91 Å². The van der Waals surface area contributed by atoms with Crippen molar-refractivity contribution in [2.75, 3.05) is 46.3 Å². The molecule has 3 amide bonds. The average molecular weight is 375 g/mol. The molecule has 2 rings (SSSR count). The molecule has 10 heteroatoms. The minimum absolute atomic E-state index is 0.358. The average Bonchev–Trinajstić information content (AvgIpc) is 2.91. The molecule has 0 bridgehead atoms. The lowest BCUT2D eigenvalue weighted by molar-refractivity contribution is -0.125. The number of nitrogens with zero attached hydrogens (tertiary/aromatic N) is 3. The monoisotopic (exact) mass is 375 g/mol. The van der Waals surface area contributed by atoms with Gasteiger partial charge in [0.1, 0.15) is 0 Å². The summed E-state index contributed by atoms with van der Waals surface area (Å²) in [7, 11) is -1.98. The number of piperazine rings is 1. The van der Waals surface area contributed by atoms with Crippen LogP contribution in [0.1, 0.15) is 32.6 Å². The molecule has 2 aliphatic heterocycles. The first kappa shape index (κ1) is 20.1. The summed E-state index contributed by atoms with van der Waals surface area (Å²) < 4.78 is 28.7. The molecule has 0 aromatic carbocycles. The van der Waals surface area contributed by atoms with E-state index in [4.69, 9.17) is 0 Å². The lowest BCUT2D eigenvalue weighted by Crippen LogP contribution is -2.57. The van der Waals surface area contributed by atoms with E-state index in [2.05, 4.69) is 10.6 Å². The van der Waals surface area contributed by atoms with Crippen molar-refractivity contribution in [3.63, 3.8) is 0 Å². The molecule has 25 heavy (non-hydrogen) atoms. The van der Waals surface area contributed by atoms with Crippen molar-refractivity contribution < 1.29 is 18.0 Å². The van der Waals surface area contributed by atoms with E-state index in [9.17, 15) is 18.0 Å². The second-order valence-corrected chi connectivity index (χ2v) is 8.43. The van der Waals surface area contributed by atoms with Gasteiger partial charge in [-0.1, -0.05) is 12.8 Å². The van der Waals surface area contributed by atoms with Crippen LogP contribution in [0.25, 0.3) is 0 Å². The molecule has 0 spiro atoms. The molecule has 0 unspecified atom stereocenters. The van der Waals surface area contributed by atoms with Gasteiger partial charge in [-0.05, 0) is 19.8 Å². The Balaban J connectivity index is 1.89. The minimum atomic E-state index is -3.43. The predicted molar refractivity (Wildman–Crippen MR) is 94.2 cm³/mol. The molecule has 2 saturated heterocycles. The van der Waals surface area contributed by atoms with Gasteiger partial charge in [0.05, 0.1) is 6.04 Å². The third-order valence-corrected chi connectivity index (χ3v) is 6.92. The highest BCUT2D eigenvalue weighted by molar-refractivity contribution is 7.86. The fourth-order valence-corrected chi connectivity index (χ4v) is 4.87. The van der Waals surface area contributed by atoms with Crippen LogP contribution in [-0.4, -0.2) is 86.2 Å². The van der Waals surface area contributed by atoms with Gasteiger partial charge in [-0.25, -0.2) is 4.79 Å². The maximum absolute atomic E-state index is 12.8. The normalized spacial score (nSPS) is 22.8. The van der Waals surface area contributed by atoms with Gasteiger partial charge in [-0.3, -0.25) is 15.0 Å². The Morgan fingerprint density at radius 2 is 1.40 bits per heavy atom. The van der Waals surface area contributed by atoms with Crippen LogP contribution < -0.4 is 10.6 Å². The highest BCUT2D eigenvalue weighted by Crippen LogP contribution is 2.18. The molecule has 2 fully saturated rings. The van der Waals surface area contributed by atoms with Crippen LogP contribution >= 0.6 is 0 Å². The van der Waals surface area contributed by atoms with Crippen LogP contribution in [0.15, 0.2) is 0 Å². The Labute approximate surface area is 149 Å². The van der Waals surface area contributed by atoms with E-state index < -0.39 is 22.3 Å². The molecule has 9 nitrogen and oxygen atoms in total. The van der Waals surface area contributed by atoms with Crippen molar-refractivity contribution in [2.45, 2.75) is 38.6 Å². The summed E-state index contributed by atoms with van der Waals surface area (Å²) in [5.74, 6) is -0.386. The highest BCUT2D eigenvalue weighted by Gasteiger charge is 2.34. The number of nitrogens with one attached hydrogen (secondary N) is 2. The zero-order valence-electron chi connectivity index (χ0n) is 15.0. The first-order valence-electron chi connectivity index (χ1n) is 8.88. The van der Waals surface area contributed by atoms with Crippen molar-refractivity contribution in [2.24, 2.45) is 0 Å². The summed E-state index contributed by atoms with van der Waals surface area (Å²) >= 11 is 0. The number of hydrogen-bond donors (Lipinski definition) is 2. The van der Waals surface area contributed by atoms with Crippen molar-refractivity contribution in [1.29, 1.82) is 0 Å². The van der Waals surface area contributed by atoms with E-state index in [0.717, 1.165) is 25.7 Å². The Morgan fingerprint density at radius 3 is 1.92 bits per heavy atom. The number of carbonyl (C=O) groups is 2. The number of urea groups is 1. The largest absolute Gasteiger partial charge is 0.341 e.